The highest BCUT2D eigenvalue weighted by molar-refractivity contribution is 5.51. The summed E-state index contributed by atoms with van der Waals surface area (Å²) in [4.78, 5) is 9.02. The third-order valence-electron chi connectivity index (χ3n) is 3.69. The SMILES string of the molecule is CNCc1ccncc1N(C)CC1CCN(C)C1. The molecular formula is C14H24N4. The van der Waals surface area contributed by atoms with Gasteiger partial charge >= 0.3 is 0 Å². The Bertz CT molecular complexity index is 380. The van der Waals surface area contributed by atoms with E-state index in [2.05, 4.69) is 40.3 Å². The average Bonchev–Trinajstić information content (AvgIpc) is 2.76. The first-order valence-corrected chi connectivity index (χ1v) is 6.68. The van der Waals surface area contributed by atoms with E-state index in [1.54, 1.807) is 0 Å². The Hall–Kier alpha value is -1.13. The molecule has 0 radical (unpaired) electrons. The van der Waals surface area contributed by atoms with E-state index in [4.69, 9.17) is 0 Å². The highest BCUT2D eigenvalue weighted by Crippen LogP contribution is 2.22. The summed E-state index contributed by atoms with van der Waals surface area (Å²) < 4.78 is 0. The topological polar surface area (TPSA) is 31.4 Å². The van der Waals surface area contributed by atoms with Crippen molar-refractivity contribution in [2.45, 2.75) is 13.0 Å². The maximum Gasteiger partial charge on any atom is 0.0595 e. The van der Waals surface area contributed by atoms with Crippen LogP contribution in [0.15, 0.2) is 18.5 Å². The average molecular weight is 248 g/mol. The number of hydrogen-bond donors (Lipinski definition) is 1. The minimum Gasteiger partial charge on any atom is -0.373 e. The van der Waals surface area contributed by atoms with Crippen molar-refractivity contribution in [3.63, 3.8) is 0 Å². The second kappa shape index (κ2) is 6.16. The summed E-state index contributed by atoms with van der Waals surface area (Å²) in [5, 5.41) is 3.22. The third-order valence-corrected chi connectivity index (χ3v) is 3.69. The van der Waals surface area contributed by atoms with Gasteiger partial charge in [-0.25, -0.2) is 0 Å². The zero-order valence-corrected chi connectivity index (χ0v) is 11.7. The zero-order valence-electron chi connectivity index (χ0n) is 11.7. The molecule has 1 fully saturated rings. The molecule has 4 nitrogen and oxygen atoms in total. The fourth-order valence-corrected chi connectivity index (χ4v) is 2.76. The van der Waals surface area contributed by atoms with Crippen LogP contribution in [0.4, 0.5) is 5.69 Å². The van der Waals surface area contributed by atoms with Crippen LogP contribution in [0.25, 0.3) is 0 Å². The molecule has 1 N–H and O–H groups in total. The molecule has 18 heavy (non-hydrogen) atoms. The Balaban J connectivity index is 2.01. The van der Waals surface area contributed by atoms with E-state index in [0.29, 0.717) is 0 Å². The summed E-state index contributed by atoms with van der Waals surface area (Å²) in [6.07, 6.45) is 5.15. The molecule has 0 saturated carbocycles. The number of rotatable bonds is 5. The predicted octanol–water partition coefficient (Wildman–Crippen LogP) is 1.19. The number of nitrogens with one attached hydrogen (secondary N) is 1. The lowest BCUT2D eigenvalue weighted by molar-refractivity contribution is 0.396. The van der Waals surface area contributed by atoms with E-state index < -0.39 is 0 Å². The minimum absolute atomic E-state index is 0.780. The summed E-state index contributed by atoms with van der Waals surface area (Å²) in [6, 6.07) is 2.10. The van der Waals surface area contributed by atoms with Gasteiger partial charge in [-0.15, -0.1) is 0 Å². The third kappa shape index (κ3) is 3.21. The minimum atomic E-state index is 0.780. The maximum atomic E-state index is 4.26. The summed E-state index contributed by atoms with van der Waals surface area (Å²) in [7, 11) is 6.36. The van der Waals surface area contributed by atoms with Crippen LogP contribution in [0.1, 0.15) is 12.0 Å². The largest absolute Gasteiger partial charge is 0.373 e. The first-order valence-electron chi connectivity index (χ1n) is 6.68. The van der Waals surface area contributed by atoms with E-state index >= 15 is 0 Å². The van der Waals surface area contributed by atoms with Crippen molar-refractivity contribution < 1.29 is 0 Å². The quantitative estimate of drug-likeness (QED) is 0.848. The van der Waals surface area contributed by atoms with Gasteiger partial charge in [0.05, 0.1) is 11.9 Å². The lowest BCUT2D eigenvalue weighted by Gasteiger charge is -2.25. The van der Waals surface area contributed by atoms with E-state index in [1.807, 2.05) is 19.4 Å². The Labute approximate surface area is 110 Å². The van der Waals surface area contributed by atoms with Crippen molar-refractivity contribution in [3.05, 3.63) is 24.0 Å². The molecule has 2 heterocycles. The molecule has 4 heteroatoms. The molecule has 0 amide bonds. The molecular weight excluding hydrogens is 224 g/mol. The van der Waals surface area contributed by atoms with Crippen molar-refractivity contribution in [1.29, 1.82) is 0 Å². The van der Waals surface area contributed by atoms with Gasteiger partial charge in [-0.2, -0.15) is 0 Å². The molecule has 1 atom stereocenters. The lowest BCUT2D eigenvalue weighted by atomic mass is 10.1. The molecule has 1 aliphatic heterocycles. The van der Waals surface area contributed by atoms with Crippen molar-refractivity contribution in [1.82, 2.24) is 15.2 Å². The smallest absolute Gasteiger partial charge is 0.0595 e. The molecule has 1 unspecified atom stereocenters. The molecule has 2 rings (SSSR count). The molecule has 1 aromatic rings. The molecule has 1 aliphatic rings. The summed E-state index contributed by atoms with van der Waals surface area (Å²) >= 11 is 0. The number of aromatic nitrogens is 1. The molecule has 0 spiro atoms. The molecule has 0 aromatic carbocycles. The van der Waals surface area contributed by atoms with Crippen LogP contribution in [0.5, 0.6) is 0 Å². The van der Waals surface area contributed by atoms with Crippen LogP contribution in [-0.2, 0) is 6.54 Å². The number of anilines is 1. The Morgan fingerprint density at radius 3 is 3.06 bits per heavy atom. The molecule has 100 valence electrons. The standard InChI is InChI=1S/C14H24N4/c1-15-8-13-4-6-16-9-14(13)18(3)11-12-5-7-17(2)10-12/h4,6,9,12,15H,5,7-8,10-11H2,1-3H3. The van der Waals surface area contributed by atoms with E-state index in [-0.39, 0.29) is 0 Å². The van der Waals surface area contributed by atoms with Gasteiger partial charge in [0.1, 0.15) is 0 Å². The first-order chi connectivity index (χ1) is 8.70. The maximum absolute atomic E-state index is 4.26. The number of hydrogen-bond acceptors (Lipinski definition) is 4. The Morgan fingerprint density at radius 2 is 2.39 bits per heavy atom. The van der Waals surface area contributed by atoms with Crippen LogP contribution in [0.3, 0.4) is 0 Å². The number of pyridine rings is 1. The second-order valence-corrected chi connectivity index (χ2v) is 5.33. The van der Waals surface area contributed by atoms with Crippen LogP contribution in [0.2, 0.25) is 0 Å². The van der Waals surface area contributed by atoms with Gasteiger partial charge in [0, 0.05) is 32.9 Å². The normalized spacial score (nSPS) is 20.3. The zero-order chi connectivity index (χ0) is 13.0. The summed E-state index contributed by atoms with van der Waals surface area (Å²) in [5.74, 6) is 0.780. The van der Waals surface area contributed by atoms with Gasteiger partial charge in [-0.05, 0) is 44.6 Å². The van der Waals surface area contributed by atoms with Crippen molar-refractivity contribution in [2.75, 3.05) is 45.7 Å². The number of nitrogens with zero attached hydrogens (tertiary/aromatic N) is 3. The number of likely N-dealkylation sites (tertiary alicyclic amines) is 1. The van der Waals surface area contributed by atoms with Gasteiger partial charge < -0.3 is 15.1 Å². The Kier molecular flexibility index (Phi) is 4.55. The fraction of sp³-hybridized carbons (Fsp3) is 0.643. The molecule has 0 bridgehead atoms. The predicted molar refractivity (Wildman–Crippen MR) is 75.9 cm³/mol. The van der Waals surface area contributed by atoms with Gasteiger partial charge in [-0.3, -0.25) is 4.98 Å². The van der Waals surface area contributed by atoms with Crippen LogP contribution >= 0.6 is 0 Å². The van der Waals surface area contributed by atoms with E-state index in [0.717, 1.165) is 19.0 Å². The van der Waals surface area contributed by atoms with Gasteiger partial charge in [0.2, 0.25) is 0 Å². The van der Waals surface area contributed by atoms with E-state index in [1.165, 1.54) is 30.8 Å². The molecule has 1 saturated heterocycles. The summed E-state index contributed by atoms with van der Waals surface area (Å²) in [6.45, 7) is 4.46. The Morgan fingerprint density at radius 1 is 1.56 bits per heavy atom. The van der Waals surface area contributed by atoms with Gasteiger partial charge in [0.15, 0.2) is 0 Å². The van der Waals surface area contributed by atoms with Crippen LogP contribution in [-0.4, -0.2) is 50.7 Å². The summed E-state index contributed by atoms with van der Waals surface area (Å²) in [5.41, 5.74) is 2.57. The van der Waals surface area contributed by atoms with Crippen molar-refractivity contribution in [2.24, 2.45) is 5.92 Å². The van der Waals surface area contributed by atoms with Crippen LogP contribution < -0.4 is 10.2 Å². The lowest BCUT2D eigenvalue weighted by Crippen LogP contribution is -2.28. The van der Waals surface area contributed by atoms with Crippen LogP contribution in [0, 0.1) is 5.92 Å². The first kappa shape index (κ1) is 13.3. The van der Waals surface area contributed by atoms with Gasteiger partial charge in [0.25, 0.3) is 0 Å². The van der Waals surface area contributed by atoms with Crippen molar-refractivity contribution in [3.8, 4) is 0 Å². The second-order valence-electron chi connectivity index (χ2n) is 5.33. The van der Waals surface area contributed by atoms with E-state index in [9.17, 15) is 0 Å². The molecule has 0 aliphatic carbocycles. The monoisotopic (exact) mass is 248 g/mol. The van der Waals surface area contributed by atoms with Gasteiger partial charge in [-0.1, -0.05) is 0 Å². The highest BCUT2D eigenvalue weighted by Gasteiger charge is 2.21. The molecule has 1 aromatic heterocycles. The highest BCUT2D eigenvalue weighted by atomic mass is 15.2. The fourth-order valence-electron chi connectivity index (χ4n) is 2.76. The van der Waals surface area contributed by atoms with Crippen molar-refractivity contribution >= 4 is 5.69 Å².